The minimum absolute atomic E-state index is 0.500. The summed E-state index contributed by atoms with van der Waals surface area (Å²) in [6, 6.07) is 68.6. The first-order valence-corrected chi connectivity index (χ1v) is 23.2. The van der Waals surface area contributed by atoms with Crippen LogP contribution in [0.1, 0.15) is 27.8 Å². The van der Waals surface area contributed by atoms with E-state index in [-0.39, 0.29) is 0 Å². The predicted molar refractivity (Wildman–Crippen MR) is 281 cm³/mol. The third-order valence-electron chi connectivity index (χ3n) is 13.4. The maximum Gasteiger partial charge on any atom is 0.416 e. The Balaban J connectivity index is 1.16. The van der Waals surface area contributed by atoms with Crippen molar-refractivity contribution in [1.82, 2.24) is 0 Å². The first-order valence-electron chi connectivity index (χ1n) is 23.2. The van der Waals surface area contributed by atoms with Gasteiger partial charge in [0, 0.05) is 44.3 Å². The fraction of sp³-hybridized carbons (Fsp3) is 0.0794. The van der Waals surface area contributed by atoms with Crippen LogP contribution >= 0.6 is 0 Å². The van der Waals surface area contributed by atoms with Crippen LogP contribution < -0.4 is 9.80 Å². The SMILES string of the molecule is Cc1ccc(N(c2ccc(CF)cc2)c2c3ccccc3c(-c3cc(C)cc(-c4c5ccccc5c(N(c5ccc(CF)cc5)c5ccc(C(F)(F)F)cc5)c5ccccc45)c3)c3ccccc23)cc1. The predicted octanol–water partition coefficient (Wildman–Crippen LogP) is 19.1. The highest BCUT2D eigenvalue weighted by atomic mass is 19.4. The zero-order valence-electron chi connectivity index (χ0n) is 38.4. The van der Waals surface area contributed by atoms with E-state index in [0.717, 1.165) is 111 Å². The monoisotopic (exact) mass is 924 g/mol. The van der Waals surface area contributed by atoms with Gasteiger partial charge >= 0.3 is 6.18 Å². The lowest BCUT2D eigenvalue weighted by atomic mass is 9.85. The van der Waals surface area contributed by atoms with Crippen LogP contribution in [0.15, 0.2) is 212 Å². The Morgan fingerprint density at radius 2 is 0.643 bits per heavy atom. The highest BCUT2D eigenvalue weighted by Crippen LogP contribution is 2.51. The summed E-state index contributed by atoms with van der Waals surface area (Å²) in [5, 5.41) is 7.96. The van der Waals surface area contributed by atoms with Crippen molar-refractivity contribution >= 4 is 77.2 Å². The highest BCUT2D eigenvalue weighted by Gasteiger charge is 2.31. The molecule has 0 spiro atoms. The molecule has 0 aliphatic rings. The number of rotatable bonds is 10. The van der Waals surface area contributed by atoms with E-state index in [0.29, 0.717) is 22.5 Å². The molecular weight excluding hydrogens is 880 g/mol. The fourth-order valence-corrected chi connectivity index (χ4v) is 10.2. The maximum atomic E-state index is 13.9. The van der Waals surface area contributed by atoms with Crippen LogP contribution in [-0.4, -0.2) is 0 Å². The van der Waals surface area contributed by atoms with Gasteiger partial charge in [0.2, 0.25) is 0 Å². The summed E-state index contributed by atoms with van der Waals surface area (Å²) in [5.74, 6) is 0. The molecule has 0 aliphatic heterocycles. The van der Waals surface area contributed by atoms with Gasteiger partial charge in [-0.05, 0) is 141 Å². The summed E-state index contributed by atoms with van der Waals surface area (Å²) >= 11 is 0. The van der Waals surface area contributed by atoms with Crippen molar-refractivity contribution in [2.75, 3.05) is 9.80 Å². The van der Waals surface area contributed by atoms with Gasteiger partial charge in [-0.25, -0.2) is 8.78 Å². The Hall–Kier alpha value is -8.29. The molecule has 11 aromatic rings. The van der Waals surface area contributed by atoms with Crippen LogP contribution in [0.4, 0.5) is 56.1 Å². The van der Waals surface area contributed by atoms with Gasteiger partial charge in [-0.1, -0.05) is 151 Å². The molecular formula is C63H45F5N2. The Morgan fingerprint density at radius 3 is 0.957 bits per heavy atom. The number of hydrogen-bond acceptors (Lipinski definition) is 2. The van der Waals surface area contributed by atoms with E-state index in [4.69, 9.17) is 0 Å². The number of fused-ring (bicyclic) bond motifs is 4. The van der Waals surface area contributed by atoms with Crippen molar-refractivity contribution in [2.24, 2.45) is 0 Å². The van der Waals surface area contributed by atoms with E-state index in [2.05, 4.69) is 134 Å². The average molecular weight is 925 g/mol. The third-order valence-corrected chi connectivity index (χ3v) is 13.4. The number of alkyl halides is 5. The molecule has 0 aromatic heterocycles. The second kappa shape index (κ2) is 18.0. The molecule has 0 unspecified atom stereocenters. The van der Waals surface area contributed by atoms with Crippen molar-refractivity contribution in [1.29, 1.82) is 0 Å². The van der Waals surface area contributed by atoms with E-state index >= 15 is 0 Å². The lowest BCUT2D eigenvalue weighted by molar-refractivity contribution is -0.137. The largest absolute Gasteiger partial charge is 0.416 e. The summed E-state index contributed by atoms with van der Waals surface area (Å²) in [6.45, 7) is 3.02. The lowest BCUT2D eigenvalue weighted by Gasteiger charge is -2.30. The summed E-state index contributed by atoms with van der Waals surface area (Å²) in [4.78, 5) is 4.26. The minimum atomic E-state index is -4.51. The molecule has 0 bridgehead atoms. The van der Waals surface area contributed by atoms with Crippen molar-refractivity contribution in [2.45, 2.75) is 33.4 Å². The Morgan fingerprint density at radius 1 is 0.343 bits per heavy atom. The first kappa shape index (κ1) is 44.2. The van der Waals surface area contributed by atoms with E-state index in [1.54, 1.807) is 12.1 Å². The highest BCUT2D eigenvalue weighted by molar-refractivity contribution is 6.24. The zero-order valence-corrected chi connectivity index (χ0v) is 38.4. The third kappa shape index (κ3) is 7.87. The van der Waals surface area contributed by atoms with Gasteiger partial charge in [0.1, 0.15) is 13.3 Å². The number of nitrogens with zero attached hydrogens (tertiary/aromatic N) is 2. The summed E-state index contributed by atoms with van der Waals surface area (Å²) in [7, 11) is 0. The minimum Gasteiger partial charge on any atom is -0.309 e. The van der Waals surface area contributed by atoms with Crippen LogP contribution in [0.3, 0.4) is 0 Å². The second-order valence-electron chi connectivity index (χ2n) is 17.9. The van der Waals surface area contributed by atoms with Gasteiger partial charge in [-0.15, -0.1) is 0 Å². The molecule has 0 saturated carbocycles. The van der Waals surface area contributed by atoms with E-state index in [1.807, 2.05) is 65.6 Å². The van der Waals surface area contributed by atoms with Gasteiger partial charge in [-0.2, -0.15) is 13.2 Å². The molecule has 70 heavy (non-hydrogen) atoms. The quantitative estimate of drug-likeness (QED) is 0.0996. The van der Waals surface area contributed by atoms with Gasteiger partial charge in [0.25, 0.3) is 0 Å². The molecule has 2 nitrogen and oxygen atoms in total. The molecule has 0 saturated heterocycles. The Labute approximate surface area is 403 Å². The Kier molecular flexibility index (Phi) is 11.4. The number of halogens is 5. The first-order chi connectivity index (χ1) is 34.1. The fourth-order valence-electron chi connectivity index (χ4n) is 10.2. The molecule has 0 radical (unpaired) electrons. The van der Waals surface area contributed by atoms with E-state index in [9.17, 15) is 22.0 Å². The summed E-state index contributed by atoms with van der Waals surface area (Å²) in [6.07, 6.45) is -4.51. The van der Waals surface area contributed by atoms with Crippen LogP contribution in [0.2, 0.25) is 0 Å². The molecule has 0 amide bonds. The van der Waals surface area contributed by atoms with Gasteiger partial charge in [-0.3, -0.25) is 0 Å². The smallest absolute Gasteiger partial charge is 0.309 e. The zero-order chi connectivity index (χ0) is 48.1. The number of anilines is 6. The van der Waals surface area contributed by atoms with Crippen LogP contribution in [0.5, 0.6) is 0 Å². The normalized spacial score (nSPS) is 11.8. The van der Waals surface area contributed by atoms with E-state index < -0.39 is 25.1 Å². The van der Waals surface area contributed by atoms with Crippen molar-refractivity contribution in [3.63, 3.8) is 0 Å². The van der Waals surface area contributed by atoms with Gasteiger partial charge in [0.15, 0.2) is 0 Å². The van der Waals surface area contributed by atoms with Gasteiger partial charge in [0.05, 0.1) is 16.9 Å². The molecule has 11 aromatic carbocycles. The van der Waals surface area contributed by atoms with Crippen LogP contribution in [0.25, 0.3) is 65.3 Å². The molecule has 0 heterocycles. The maximum absolute atomic E-state index is 13.9. The molecule has 0 fully saturated rings. The molecule has 342 valence electrons. The average Bonchev–Trinajstić information content (AvgIpc) is 3.39. The molecule has 0 aliphatic carbocycles. The number of benzene rings is 11. The second-order valence-corrected chi connectivity index (χ2v) is 17.9. The number of aryl methyl sites for hydroxylation is 2. The molecule has 0 N–H and O–H groups in total. The van der Waals surface area contributed by atoms with E-state index in [1.165, 1.54) is 12.1 Å². The van der Waals surface area contributed by atoms with Crippen molar-refractivity contribution in [3.05, 3.63) is 240 Å². The number of hydrogen-bond donors (Lipinski definition) is 0. The van der Waals surface area contributed by atoms with Crippen molar-refractivity contribution < 1.29 is 22.0 Å². The summed E-state index contributed by atoms with van der Waals surface area (Å²) in [5.41, 5.74) is 11.7. The van der Waals surface area contributed by atoms with Crippen LogP contribution in [0, 0.1) is 13.8 Å². The Bertz CT molecular complexity index is 3620. The van der Waals surface area contributed by atoms with Crippen molar-refractivity contribution in [3.8, 4) is 22.3 Å². The molecule has 7 heteroatoms. The molecule has 0 atom stereocenters. The van der Waals surface area contributed by atoms with Gasteiger partial charge < -0.3 is 9.80 Å². The summed E-state index contributed by atoms with van der Waals surface area (Å²) < 4.78 is 69.6. The standard InChI is InChI=1S/C63H45F5N2/c1-40-19-27-47(28-20-40)69(48-29-21-42(38-64)22-30-48)61-55-15-7-3-11-51(55)59(52-12-4-8-16-56(52)61)44-35-41(2)36-45(37-44)60-53-13-5-9-17-57(53)62(58-18-10-6-14-54(58)60)70(49-31-23-43(39-65)24-32-49)50-33-25-46(26-34-50)63(66,67)68/h3-37H,38-39H2,1-2H3. The lowest BCUT2D eigenvalue weighted by Crippen LogP contribution is -2.12. The topological polar surface area (TPSA) is 6.48 Å². The molecule has 11 rings (SSSR count). The van der Waals surface area contributed by atoms with Crippen LogP contribution in [-0.2, 0) is 19.5 Å².